The fourth-order valence-corrected chi connectivity index (χ4v) is 1.91. The molecule has 0 bridgehead atoms. The molecule has 1 rings (SSSR count). The van der Waals surface area contributed by atoms with Gasteiger partial charge in [-0.1, -0.05) is 39.8 Å². The van der Waals surface area contributed by atoms with Crippen LogP contribution >= 0.6 is 0 Å². The minimum absolute atomic E-state index is 0. The van der Waals surface area contributed by atoms with Crippen molar-refractivity contribution in [2.45, 2.75) is 66.3 Å². The van der Waals surface area contributed by atoms with Crippen molar-refractivity contribution in [1.29, 1.82) is 0 Å². The van der Waals surface area contributed by atoms with Gasteiger partial charge in [-0.2, -0.15) is 0 Å². The van der Waals surface area contributed by atoms with Crippen LogP contribution in [-0.4, -0.2) is 16.7 Å². The van der Waals surface area contributed by atoms with Crippen LogP contribution in [0.2, 0.25) is 0 Å². The molecule has 0 amide bonds. The number of nitrogens with zero attached hydrogens (tertiary/aromatic N) is 2. The molecule has 0 aliphatic rings. The van der Waals surface area contributed by atoms with Crippen molar-refractivity contribution in [2.24, 2.45) is 4.99 Å². The Balaban J connectivity index is 0. The lowest BCUT2D eigenvalue weighted by Gasteiger charge is -2.23. The van der Waals surface area contributed by atoms with Gasteiger partial charge in [0.2, 0.25) is 0 Å². The first kappa shape index (κ1) is 21.1. The summed E-state index contributed by atoms with van der Waals surface area (Å²) in [5.74, 6) is 0. The molecule has 0 radical (unpaired) electrons. The number of anilines is 1. The molecule has 23 heavy (non-hydrogen) atoms. The highest BCUT2D eigenvalue weighted by Crippen LogP contribution is 2.27. The summed E-state index contributed by atoms with van der Waals surface area (Å²) in [7, 11) is 0. The molecule has 0 saturated carbocycles. The molecule has 1 aromatic rings. The average Bonchev–Trinajstić information content (AvgIpc) is 2.61. The van der Waals surface area contributed by atoms with E-state index in [0.29, 0.717) is 0 Å². The van der Waals surface area contributed by atoms with Gasteiger partial charge in [0.1, 0.15) is 0 Å². The molecule has 0 aromatic carbocycles. The summed E-state index contributed by atoms with van der Waals surface area (Å²) in [5, 5.41) is 3.41. The molecule has 0 fully saturated rings. The molecular formula is C20H35N3. The smallest absolute Gasteiger partial charge is 0.0615 e. The third kappa shape index (κ3) is 6.39. The van der Waals surface area contributed by atoms with E-state index in [-0.39, 0.29) is 12.9 Å². The van der Waals surface area contributed by atoms with Gasteiger partial charge in [-0.3, -0.25) is 9.98 Å². The SMILES string of the molecule is C=CC(C)(CC)c1ccc(NC(C)C(C)=N/C=C\C)cn1.CC.[HH]. The number of pyridine rings is 1. The third-order valence-electron chi connectivity index (χ3n) is 3.97. The number of aromatic nitrogens is 1. The van der Waals surface area contributed by atoms with E-state index in [1.807, 2.05) is 52.2 Å². The summed E-state index contributed by atoms with van der Waals surface area (Å²) < 4.78 is 0. The zero-order valence-electron chi connectivity index (χ0n) is 15.9. The van der Waals surface area contributed by atoms with Crippen LogP contribution in [0, 0.1) is 0 Å². The zero-order valence-corrected chi connectivity index (χ0v) is 15.9. The van der Waals surface area contributed by atoms with Crippen molar-refractivity contribution >= 4 is 11.4 Å². The molecule has 0 aliphatic carbocycles. The summed E-state index contributed by atoms with van der Waals surface area (Å²) in [6.07, 6.45) is 8.58. The predicted molar refractivity (Wildman–Crippen MR) is 107 cm³/mol. The number of nitrogens with one attached hydrogen (secondary N) is 1. The lowest BCUT2D eigenvalue weighted by atomic mass is 9.84. The first-order chi connectivity index (χ1) is 11.0. The van der Waals surface area contributed by atoms with Crippen LogP contribution in [0.15, 0.2) is 48.3 Å². The van der Waals surface area contributed by atoms with E-state index in [9.17, 15) is 0 Å². The third-order valence-corrected chi connectivity index (χ3v) is 3.97. The molecule has 2 atom stereocenters. The van der Waals surface area contributed by atoms with Gasteiger partial charge in [0.25, 0.3) is 0 Å². The predicted octanol–water partition coefficient (Wildman–Crippen LogP) is 6.00. The second-order valence-corrected chi connectivity index (χ2v) is 5.53. The second kappa shape index (κ2) is 10.8. The minimum Gasteiger partial charge on any atom is -0.376 e. The average molecular weight is 318 g/mol. The Labute approximate surface area is 144 Å². The molecular weight excluding hydrogens is 282 g/mol. The minimum atomic E-state index is -0.0621. The van der Waals surface area contributed by atoms with E-state index < -0.39 is 0 Å². The van der Waals surface area contributed by atoms with Gasteiger partial charge in [0.15, 0.2) is 0 Å². The van der Waals surface area contributed by atoms with E-state index in [4.69, 9.17) is 0 Å². The first-order valence-electron chi connectivity index (χ1n) is 8.49. The van der Waals surface area contributed by atoms with Crippen molar-refractivity contribution in [2.75, 3.05) is 5.32 Å². The molecule has 1 N–H and O–H groups in total. The van der Waals surface area contributed by atoms with E-state index in [2.05, 4.69) is 54.8 Å². The lowest BCUT2D eigenvalue weighted by molar-refractivity contribution is 0.555. The molecule has 0 aliphatic heterocycles. The van der Waals surface area contributed by atoms with E-state index in [1.165, 1.54) is 0 Å². The number of allylic oxidation sites excluding steroid dienone is 2. The summed E-state index contributed by atoms with van der Waals surface area (Å²) in [4.78, 5) is 8.94. The number of aliphatic imine (C=N–C) groups is 1. The first-order valence-corrected chi connectivity index (χ1v) is 8.49. The monoisotopic (exact) mass is 317 g/mol. The second-order valence-electron chi connectivity index (χ2n) is 5.53. The highest BCUT2D eigenvalue weighted by Gasteiger charge is 2.21. The topological polar surface area (TPSA) is 37.3 Å². The molecule has 130 valence electrons. The fourth-order valence-electron chi connectivity index (χ4n) is 1.91. The van der Waals surface area contributed by atoms with Gasteiger partial charge in [0, 0.05) is 18.8 Å². The molecule has 3 nitrogen and oxygen atoms in total. The van der Waals surface area contributed by atoms with Gasteiger partial charge >= 0.3 is 0 Å². The van der Waals surface area contributed by atoms with E-state index in [0.717, 1.165) is 23.5 Å². The van der Waals surface area contributed by atoms with Crippen LogP contribution in [0.1, 0.15) is 62.0 Å². The number of hydrogen-bond donors (Lipinski definition) is 1. The van der Waals surface area contributed by atoms with Crippen LogP contribution in [0.4, 0.5) is 5.69 Å². The summed E-state index contributed by atoms with van der Waals surface area (Å²) in [6, 6.07) is 4.31. The largest absolute Gasteiger partial charge is 0.376 e. The number of rotatable bonds is 7. The quantitative estimate of drug-likeness (QED) is 0.494. The highest BCUT2D eigenvalue weighted by atomic mass is 14.9. The van der Waals surface area contributed by atoms with Gasteiger partial charge in [0.05, 0.1) is 23.6 Å². The van der Waals surface area contributed by atoms with Gasteiger partial charge in [-0.25, -0.2) is 0 Å². The van der Waals surface area contributed by atoms with Crippen molar-refractivity contribution in [3.05, 3.63) is 49.0 Å². The number of hydrogen-bond acceptors (Lipinski definition) is 3. The Morgan fingerprint density at radius 2 is 2.13 bits per heavy atom. The summed E-state index contributed by atoms with van der Waals surface area (Å²) >= 11 is 0. The molecule has 3 heteroatoms. The summed E-state index contributed by atoms with van der Waals surface area (Å²) in [5.41, 5.74) is 3.04. The van der Waals surface area contributed by atoms with Crippen molar-refractivity contribution < 1.29 is 1.43 Å². The Bertz CT molecular complexity index is 520. The van der Waals surface area contributed by atoms with Gasteiger partial charge in [-0.05, 0) is 39.3 Å². The van der Waals surface area contributed by atoms with Crippen LogP contribution in [0.3, 0.4) is 0 Å². The molecule has 0 spiro atoms. The summed E-state index contributed by atoms with van der Waals surface area (Å²) in [6.45, 7) is 18.3. The van der Waals surface area contributed by atoms with E-state index in [1.54, 1.807) is 0 Å². The maximum Gasteiger partial charge on any atom is 0.0615 e. The Morgan fingerprint density at radius 1 is 1.48 bits per heavy atom. The van der Waals surface area contributed by atoms with Crippen LogP contribution in [0.25, 0.3) is 0 Å². The van der Waals surface area contributed by atoms with Crippen LogP contribution < -0.4 is 5.32 Å². The molecule has 0 saturated heterocycles. The maximum atomic E-state index is 4.58. The van der Waals surface area contributed by atoms with Crippen LogP contribution in [0.5, 0.6) is 0 Å². The Morgan fingerprint density at radius 3 is 2.57 bits per heavy atom. The molecule has 1 aromatic heterocycles. The van der Waals surface area contributed by atoms with Gasteiger partial charge < -0.3 is 5.32 Å². The Hall–Kier alpha value is -1.90. The fraction of sp³-hybridized carbons (Fsp3) is 0.500. The maximum absolute atomic E-state index is 4.58. The van der Waals surface area contributed by atoms with Crippen molar-refractivity contribution in [3.8, 4) is 0 Å². The van der Waals surface area contributed by atoms with Crippen LogP contribution in [-0.2, 0) is 5.41 Å². The van der Waals surface area contributed by atoms with Crippen molar-refractivity contribution in [1.82, 2.24) is 4.98 Å². The normalized spacial score (nSPS) is 15.3. The van der Waals surface area contributed by atoms with Gasteiger partial charge in [-0.15, -0.1) is 6.58 Å². The van der Waals surface area contributed by atoms with Crippen molar-refractivity contribution in [3.63, 3.8) is 0 Å². The lowest BCUT2D eigenvalue weighted by Crippen LogP contribution is -2.24. The molecule has 2 unspecified atom stereocenters. The highest BCUT2D eigenvalue weighted by molar-refractivity contribution is 5.89. The molecule has 1 heterocycles. The Kier molecular flexibility index (Phi) is 9.87. The van der Waals surface area contributed by atoms with E-state index >= 15 is 0 Å². The standard InChI is InChI=1S/C18H27N3.C2H6.H2/c1-7-12-19-14(4)15(5)21-16-10-11-17(20-13-16)18(6,8-2)9-3;1-2;/h7-8,10-13,15,21H,2,9H2,1,3-6H3;1-2H3;1H/b12-7-,19-14?;;. The zero-order chi connectivity index (χ0) is 17.9.